The van der Waals surface area contributed by atoms with Crippen LogP contribution in [0, 0.1) is 13.8 Å². The summed E-state index contributed by atoms with van der Waals surface area (Å²) in [6.07, 6.45) is 1.67. The fraction of sp³-hybridized carbons (Fsp3) is 0.333. The lowest BCUT2D eigenvalue weighted by molar-refractivity contribution is -0.116. The summed E-state index contributed by atoms with van der Waals surface area (Å²) in [6, 6.07) is 10.0. The number of anilines is 1. The van der Waals surface area contributed by atoms with E-state index in [0.717, 1.165) is 24.0 Å². The summed E-state index contributed by atoms with van der Waals surface area (Å²) in [5.74, 6) is -1.08. The monoisotopic (exact) mass is 429 g/mol. The van der Waals surface area contributed by atoms with E-state index in [1.54, 1.807) is 0 Å². The number of nitrogens with one attached hydrogen (secondary N) is 1. The number of sulfonamides is 1. The van der Waals surface area contributed by atoms with Gasteiger partial charge >= 0.3 is 5.76 Å². The zero-order valence-electron chi connectivity index (χ0n) is 16.8. The molecule has 1 saturated heterocycles. The van der Waals surface area contributed by atoms with Crippen molar-refractivity contribution in [3.63, 3.8) is 0 Å². The molecule has 8 nitrogen and oxygen atoms in total. The minimum absolute atomic E-state index is 0.0811. The molecule has 1 aliphatic rings. The van der Waals surface area contributed by atoms with E-state index in [1.165, 1.54) is 27.1 Å². The van der Waals surface area contributed by atoms with Crippen molar-refractivity contribution in [1.82, 2.24) is 8.87 Å². The Kier molecular flexibility index (Phi) is 5.25. The van der Waals surface area contributed by atoms with Gasteiger partial charge in [0.1, 0.15) is 6.54 Å². The van der Waals surface area contributed by atoms with Crippen LogP contribution < -0.4 is 11.1 Å². The summed E-state index contributed by atoms with van der Waals surface area (Å²) in [4.78, 5) is 24.9. The predicted octanol–water partition coefficient (Wildman–Crippen LogP) is 2.63. The maximum Gasteiger partial charge on any atom is 0.420 e. The Morgan fingerprint density at radius 2 is 1.83 bits per heavy atom. The molecule has 1 N–H and O–H groups in total. The molecule has 0 saturated carbocycles. The zero-order valence-corrected chi connectivity index (χ0v) is 17.7. The molecule has 1 amide bonds. The molecule has 1 aliphatic heterocycles. The van der Waals surface area contributed by atoms with Gasteiger partial charge in [-0.3, -0.25) is 9.36 Å². The van der Waals surface area contributed by atoms with Crippen LogP contribution in [0.1, 0.15) is 24.0 Å². The number of benzene rings is 2. The highest BCUT2D eigenvalue weighted by Gasteiger charge is 2.28. The van der Waals surface area contributed by atoms with Crippen LogP contribution in [-0.4, -0.2) is 36.3 Å². The summed E-state index contributed by atoms with van der Waals surface area (Å²) in [6.45, 7) is 4.55. The van der Waals surface area contributed by atoms with Crippen LogP contribution in [0.4, 0.5) is 5.69 Å². The Morgan fingerprint density at radius 3 is 2.57 bits per heavy atom. The van der Waals surface area contributed by atoms with Gasteiger partial charge in [0, 0.05) is 24.8 Å². The summed E-state index contributed by atoms with van der Waals surface area (Å²) in [7, 11) is -3.62. The first-order valence-corrected chi connectivity index (χ1v) is 11.2. The van der Waals surface area contributed by atoms with Crippen LogP contribution in [0.5, 0.6) is 0 Å². The van der Waals surface area contributed by atoms with Gasteiger partial charge in [0.15, 0.2) is 5.58 Å². The van der Waals surface area contributed by atoms with E-state index in [9.17, 15) is 18.0 Å². The van der Waals surface area contributed by atoms with Crippen LogP contribution in [0.2, 0.25) is 0 Å². The predicted molar refractivity (Wildman–Crippen MR) is 113 cm³/mol. The largest absolute Gasteiger partial charge is 0.420 e. The molecule has 9 heteroatoms. The van der Waals surface area contributed by atoms with Crippen molar-refractivity contribution in [3.8, 4) is 0 Å². The first kappa shape index (κ1) is 20.4. The second kappa shape index (κ2) is 7.73. The summed E-state index contributed by atoms with van der Waals surface area (Å²) >= 11 is 0. The Bertz CT molecular complexity index is 1280. The van der Waals surface area contributed by atoms with Crippen LogP contribution in [0.25, 0.3) is 11.1 Å². The Morgan fingerprint density at radius 1 is 1.10 bits per heavy atom. The highest BCUT2D eigenvalue weighted by atomic mass is 32.2. The molecule has 2 aromatic carbocycles. The molecule has 1 fully saturated rings. The third-order valence-electron chi connectivity index (χ3n) is 5.31. The molecular formula is C21H23N3O5S. The molecule has 0 aliphatic carbocycles. The van der Waals surface area contributed by atoms with Crippen molar-refractivity contribution >= 4 is 32.7 Å². The fourth-order valence-corrected chi connectivity index (χ4v) is 5.17. The Labute approximate surface area is 174 Å². The molecule has 30 heavy (non-hydrogen) atoms. The first-order chi connectivity index (χ1) is 14.3. The van der Waals surface area contributed by atoms with Gasteiger partial charge in [-0.15, -0.1) is 0 Å². The minimum atomic E-state index is -3.62. The van der Waals surface area contributed by atoms with Crippen molar-refractivity contribution in [2.75, 3.05) is 18.4 Å². The van der Waals surface area contributed by atoms with E-state index < -0.39 is 15.8 Å². The summed E-state index contributed by atoms with van der Waals surface area (Å²) in [5, 5.41) is 2.81. The van der Waals surface area contributed by atoms with Crippen LogP contribution in [0.15, 0.2) is 50.5 Å². The maximum atomic E-state index is 12.7. The Hall–Kier alpha value is -2.91. The lowest BCUT2D eigenvalue weighted by Gasteiger charge is -2.15. The molecule has 0 radical (unpaired) electrons. The SMILES string of the molecule is Cc1ccc(C)c(NC(=O)Cn2c(=O)oc3cc(S(=O)(=O)N4CCCC4)ccc32)c1. The van der Waals surface area contributed by atoms with Crippen molar-refractivity contribution < 1.29 is 17.6 Å². The molecular weight excluding hydrogens is 406 g/mol. The van der Waals surface area contributed by atoms with E-state index in [0.29, 0.717) is 24.3 Å². The quantitative estimate of drug-likeness (QED) is 0.672. The second-order valence-electron chi connectivity index (χ2n) is 7.56. The normalized spacial score (nSPS) is 15.0. The molecule has 158 valence electrons. The molecule has 4 rings (SSSR count). The number of hydrogen-bond donors (Lipinski definition) is 1. The molecule has 2 heterocycles. The maximum absolute atomic E-state index is 12.7. The van der Waals surface area contributed by atoms with Gasteiger partial charge in [0.05, 0.1) is 10.4 Å². The van der Waals surface area contributed by atoms with Crippen LogP contribution >= 0.6 is 0 Å². The van der Waals surface area contributed by atoms with E-state index in [-0.39, 0.29) is 22.9 Å². The Balaban J connectivity index is 1.61. The van der Waals surface area contributed by atoms with E-state index in [2.05, 4.69) is 5.32 Å². The highest BCUT2D eigenvalue weighted by Crippen LogP contribution is 2.24. The van der Waals surface area contributed by atoms with E-state index in [4.69, 9.17) is 4.42 Å². The summed E-state index contributed by atoms with van der Waals surface area (Å²) in [5.41, 5.74) is 3.11. The van der Waals surface area contributed by atoms with Gasteiger partial charge in [-0.05, 0) is 56.0 Å². The number of aromatic nitrogens is 1. The molecule has 1 aromatic heterocycles. The number of carbonyl (C=O) groups excluding carboxylic acids is 1. The fourth-order valence-electron chi connectivity index (χ4n) is 3.64. The number of nitrogens with zero attached hydrogens (tertiary/aromatic N) is 2. The molecule has 0 atom stereocenters. The third kappa shape index (κ3) is 3.78. The van der Waals surface area contributed by atoms with Crippen molar-refractivity contribution in [2.45, 2.75) is 38.1 Å². The number of amides is 1. The summed E-state index contributed by atoms with van der Waals surface area (Å²) < 4.78 is 33.4. The topological polar surface area (TPSA) is 102 Å². The lowest BCUT2D eigenvalue weighted by Crippen LogP contribution is -2.27. The van der Waals surface area contributed by atoms with Gasteiger partial charge in [0.25, 0.3) is 0 Å². The number of hydrogen-bond acceptors (Lipinski definition) is 5. The van der Waals surface area contributed by atoms with Crippen molar-refractivity contribution in [2.24, 2.45) is 0 Å². The molecule has 3 aromatic rings. The van der Waals surface area contributed by atoms with Crippen LogP contribution in [-0.2, 0) is 21.4 Å². The number of rotatable bonds is 5. The van der Waals surface area contributed by atoms with Gasteiger partial charge in [0.2, 0.25) is 15.9 Å². The van der Waals surface area contributed by atoms with Crippen LogP contribution in [0.3, 0.4) is 0 Å². The number of aryl methyl sites for hydroxylation is 2. The third-order valence-corrected chi connectivity index (χ3v) is 7.21. The van der Waals surface area contributed by atoms with Gasteiger partial charge in [-0.2, -0.15) is 4.31 Å². The standard InChI is InChI=1S/C21H23N3O5S/c1-14-5-6-15(2)17(11-14)22-20(25)13-24-18-8-7-16(12-19(18)29-21(24)26)30(27,28)23-9-3-4-10-23/h5-8,11-12H,3-4,9-10,13H2,1-2H3,(H,22,25). The van der Waals surface area contributed by atoms with Gasteiger partial charge in [-0.1, -0.05) is 12.1 Å². The van der Waals surface area contributed by atoms with Gasteiger partial charge in [-0.25, -0.2) is 13.2 Å². The average molecular weight is 429 g/mol. The lowest BCUT2D eigenvalue weighted by atomic mass is 10.1. The first-order valence-electron chi connectivity index (χ1n) is 9.76. The van der Waals surface area contributed by atoms with Crippen molar-refractivity contribution in [3.05, 3.63) is 58.1 Å². The average Bonchev–Trinajstić information content (AvgIpc) is 3.33. The molecule has 0 spiro atoms. The number of oxazole rings is 1. The smallest absolute Gasteiger partial charge is 0.408 e. The number of carbonyl (C=O) groups is 1. The van der Waals surface area contributed by atoms with E-state index >= 15 is 0 Å². The second-order valence-corrected chi connectivity index (χ2v) is 9.50. The number of fused-ring (bicyclic) bond motifs is 1. The van der Waals surface area contributed by atoms with Crippen molar-refractivity contribution in [1.29, 1.82) is 0 Å². The molecule has 0 bridgehead atoms. The molecule has 0 unspecified atom stereocenters. The van der Waals surface area contributed by atoms with E-state index in [1.807, 2.05) is 32.0 Å². The van der Waals surface area contributed by atoms with Gasteiger partial charge < -0.3 is 9.73 Å². The zero-order chi connectivity index (χ0) is 21.5. The minimum Gasteiger partial charge on any atom is -0.408 e. The highest BCUT2D eigenvalue weighted by molar-refractivity contribution is 7.89.